The lowest BCUT2D eigenvalue weighted by molar-refractivity contribution is -0.892. The third kappa shape index (κ3) is 5.78. The molecule has 1 aromatic rings. The first-order chi connectivity index (χ1) is 13.3. The number of thiophene rings is 1. The number of amides is 2. The van der Waals surface area contributed by atoms with Crippen LogP contribution in [0.4, 0.5) is 5.00 Å². The standard InChI is InChI=1S/C20H31N3O4S/c1-5-27-20(26)16-14(2)17(19(25)22(3)4)28-18(16)21-15(24)13-23-11-9-7-6-8-10-12-23/h5-13H2,1-4H3,(H,21,24)/p+1. The van der Waals surface area contributed by atoms with E-state index in [1.165, 1.54) is 29.1 Å². The first-order valence-electron chi connectivity index (χ1n) is 10.0. The molecular weight excluding hydrogens is 378 g/mol. The number of ether oxygens (including phenoxy) is 1. The second kappa shape index (κ2) is 10.6. The highest BCUT2D eigenvalue weighted by Crippen LogP contribution is 2.34. The Bertz CT molecular complexity index is 707. The molecule has 2 amide bonds. The summed E-state index contributed by atoms with van der Waals surface area (Å²) in [5.41, 5.74) is 0.837. The molecule has 1 aliphatic heterocycles. The minimum absolute atomic E-state index is 0.133. The zero-order valence-electron chi connectivity index (χ0n) is 17.4. The zero-order valence-corrected chi connectivity index (χ0v) is 18.2. The number of hydrogen-bond donors (Lipinski definition) is 2. The van der Waals surface area contributed by atoms with Crippen LogP contribution in [-0.4, -0.2) is 63.0 Å². The molecule has 1 aliphatic rings. The molecular formula is C20H32N3O4S+. The van der Waals surface area contributed by atoms with Crippen LogP contribution in [0.1, 0.15) is 64.6 Å². The fourth-order valence-electron chi connectivity index (χ4n) is 3.44. The Labute approximate surface area is 171 Å². The number of nitrogens with zero attached hydrogens (tertiary/aromatic N) is 1. The average Bonchev–Trinajstić information content (AvgIpc) is 2.92. The molecule has 0 bridgehead atoms. The molecule has 7 nitrogen and oxygen atoms in total. The molecule has 28 heavy (non-hydrogen) atoms. The van der Waals surface area contributed by atoms with Crippen molar-refractivity contribution < 1.29 is 24.0 Å². The molecule has 156 valence electrons. The van der Waals surface area contributed by atoms with Gasteiger partial charge in [0.2, 0.25) is 0 Å². The lowest BCUT2D eigenvalue weighted by Gasteiger charge is -2.21. The summed E-state index contributed by atoms with van der Waals surface area (Å²) in [5, 5.41) is 3.28. The molecule has 1 fully saturated rings. The van der Waals surface area contributed by atoms with Gasteiger partial charge in [0.15, 0.2) is 6.54 Å². The molecule has 2 N–H and O–H groups in total. The summed E-state index contributed by atoms with van der Waals surface area (Å²) in [6, 6.07) is 0. The zero-order chi connectivity index (χ0) is 20.7. The van der Waals surface area contributed by atoms with Gasteiger partial charge in [-0.25, -0.2) is 4.79 Å². The number of esters is 1. The van der Waals surface area contributed by atoms with Gasteiger partial charge in [0.25, 0.3) is 11.8 Å². The molecule has 2 rings (SSSR count). The summed E-state index contributed by atoms with van der Waals surface area (Å²) < 4.78 is 5.15. The van der Waals surface area contributed by atoms with Crippen molar-refractivity contribution in [3.05, 3.63) is 16.0 Å². The number of likely N-dealkylation sites (tertiary alicyclic amines) is 1. The molecule has 8 heteroatoms. The normalized spacial score (nSPS) is 15.4. The van der Waals surface area contributed by atoms with Crippen LogP contribution in [0.15, 0.2) is 0 Å². The highest BCUT2D eigenvalue weighted by molar-refractivity contribution is 7.18. The Balaban J connectivity index is 2.19. The van der Waals surface area contributed by atoms with Crippen LogP contribution in [0, 0.1) is 6.92 Å². The van der Waals surface area contributed by atoms with E-state index in [2.05, 4.69) is 5.32 Å². The minimum Gasteiger partial charge on any atom is -0.462 e. The third-order valence-electron chi connectivity index (χ3n) is 4.95. The van der Waals surface area contributed by atoms with Gasteiger partial charge in [-0.1, -0.05) is 6.42 Å². The lowest BCUT2D eigenvalue weighted by Crippen LogP contribution is -3.13. The van der Waals surface area contributed by atoms with E-state index < -0.39 is 5.97 Å². The molecule has 0 spiro atoms. The van der Waals surface area contributed by atoms with Crippen molar-refractivity contribution in [2.45, 2.75) is 46.0 Å². The number of anilines is 1. The van der Waals surface area contributed by atoms with Crippen LogP contribution >= 0.6 is 11.3 Å². The van der Waals surface area contributed by atoms with Crippen LogP contribution < -0.4 is 10.2 Å². The molecule has 0 unspecified atom stereocenters. The van der Waals surface area contributed by atoms with Gasteiger partial charge in [0, 0.05) is 14.1 Å². The largest absolute Gasteiger partial charge is 0.462 e. The van der Waals surface area contributed by atoms with Gasteiger partial charge in [-0.15, -0.1) is 11.3 Å². The van der Waals surface area contributed by atoms with Gasteiger partial charge in [0.1, 0.15) is 5.00 Å². The summed E-state index contributed by atoms with van der Waals surface area (Å²) in [4.78, 5) is 40.7. The van der Waals surface area contributed by atoms with Crippen LogP contribution in [0.2, 0.25) is 0 Å². The van der Waals surface area contributed by atoms with Crippen molar-refractivity contribution >= 4 is 34.1 Å². The summed E-state index contributed by atoms with van der Waals surface area (Å²) in [5.74, 6) is -0.836. The quantitative estimate of drug-likeness (QED) is 0.700. The third-order valence-corrected chi connectivity index (χ3v) is 6.15. The van der Waals surface area contributed by atoms with E-state index in [9.17, 15) is 14.4 Å². The summed E-state index contributed by atoms with van der Waals surface area (Å²) >= 11 is 1.14. The maximum atomic E-state index is 12.7. The van der Waals surface area contributed by atoms with Crippen molar-refractivity contribution in [1.82, 2.24) is 4.90 Å². The Kier molecular flexibility index (Phi) is 8.44. The van der Waals surface area contributed by atoms with E-state index in [1.54, 1.807) is 27.9 Å². The molecule has 1 aromatic heterocycles. The van der Waals surface area contributed by atoms with Crippen LogP contribution in [0.5, 0.6) is 0 Å². The SMILES string of the molecule is CCOC(=O)c1c(NC(=O)C[NH+]2CCCCCCC2)sc(C(=O)N(C)C)c1C. The predicted octanol–water partition coefficient (Wildman–Crippen LogP) is 1.72. The van der Waals surface area contributed by atoms with Crippen molar-refractivity contribution in [2.24, 2.45) is 0 Å². The number of hydrogen-bond acceptors (Lipinski definition) is 5. The molecule has 1 saturated heterocycles. The Hall–Kier alpha value is -1.93. The van der Waals surface area contributed by atoms with Crippen LogP contribution in [0.3, 0.4) is 0 Å². The molecule has 0 atom stereocenters. The van der Waals surface area contributed by atoms with E-state index in [0.717, 1.165) is 37.3 Å². The second-order valence-electron chi connectivity index (χ2n) is 7.42. The topological polar surface area (TPSA) is 80.1 Å². The van der Waals surface area contributed by atoms with Crippen LogP contribution in [0.25, 0.3) is 0 Å². The second-order valence-corrected chi connectivity index (χ2v) is 8.44. The number of carbonyl (C=O) groups is 3. The Morgan fingerprint density at radius 3 is 2.29 bits per heavy atom. The highest BCUT2D eigenvalue weighted by atomic mass is 32.1. The van der Waals surface area contributed by atoms with Crippen molar-refractivity contribution in [2.75, 3.05) is 45.7 Å². The monoisotopic (exact) mass is 410 g/mol. The van der Waals surface area contributed by atoms with E-state index >= 15 is 0 Å². The van der Waals surface area contributed by atoms with Crippen LogP contribution in [-0.2, 0) is 9.53 Å². The predicted molar refractivity (Wildman–Crippen MR) is 110 cm³/mol. The van der Waals surface area contributed by atoms with E-state index in [1.807, 2.05) is 0 Å². The molecule has 2 heterocycles. The van der Waals surface area contributed by atoms with Gasteiger partial charge < -0.3 is 19.9 Å². The molecule has 0 aromatic carbocycles. The Morgan fingerprint density at radius 1 is 1.11 bits per heavy atom. The molecule has 0 radical (unpaired) electrons. The first kappa shape index (κ1) is 22.4. The van der Waals surface area contributed by atoms with Gasteiger partial charge in [-0.05, 0) is 45.1 Å². The number of rotatable bonds is 6. The van der Waals surface area contributed by atoms with E-state index in [0.29, 0.717) is 22.0 Å². The summed E-state index contributed by atoms with van der Waals surface area (Å²) in [7, 11) is 3.32. The van der Waals surface area contributed by atoms with E-state index in [4.69, 9.17) is 4.74 Å². The van der Waals surface area contributed by atoms with Gasteiger partial charge in [0.05, 0.1) is 30.1 Å². The first-order valence-corrected chi connectivity index (χ1v) is 10.8. The van der Waals surface area contributed by atoms with Crippen molar-refractivity contribution in [3.63, 3.8) is 0 Å². The lowest BCUT2D eigenvalue weighted by atomic mass is 10.1. The van der Waals surface area contributed by atoms with Crippen molar-refractivity contribution in [3.8, 4) is 0 Å². The van der Waals surface area contributed by atoms with E-state index in [-0.39, 0.29) is 24.0 Å². The Morgan fingerprint density at radius 2 is 1.71 bits per heavy atom. The fourth-order valence-corrected chi connectivity index (χ4v) is 4.67. The minimum atomic E-state index is -0.511. The summed E-state index contributed by atoms with van der Waals surface area (Å²) in [6.45, 7) is 6.04. The van der Waals surface area contributed by atoms with Gasteiger partial charge >= 0.3 is 5.97 Å². The highest BCUT2D eigenvalue weighted by Gasteiger charge is 2.28. The van der Waals surface area contributed by atoms with Gasteiger partial charge in [-0.2, -0.15) is 0 Å². The molecule has 0 saturated carbocycles. The average molecular weight is 411 g/mol. The summed E-state index contributed by atoms with van der Waals surface area (Å²) in [6.07, 6.45) is 5.99. The number of quaternary nitrogens is 1. The number of nitrogens with one attached hydrogen (secondary N) is 2. The van der Waals surface area contributed by atoms with Gasteiger partial charge in [-0.3, -0.25) is 9.59 Å². The number of carbonyl (C=O) groups excluding carboxylic acids is 3. The maximum absolute atomic E-state index is 12.7. The van der Waals surface area contributed by atoms with Crippen molar-refractivity contribution in [1.29, 1.82) is 0 Å². The molecule has 0 aliphatic carbocycles. The fraction of sp³-hybridized carbons (Fsp3) is 0.650. The maximum Gasteiger partial charge on any atom is 0.341 e. The smallest absolute Gasteiger partial charge is 0.341 e.